The van der Waals surface area contributed by atoms with Crippen LogP contribution in [0.2, 0.25) is 4.34 Å². The van der Waals surface area contributed by atoms with Crippen LogP contribution >= 0.6 is 22.9 Å². The van der Waals surface area contributed by atoms with E-state index in [0.717, 1.165) is 11.3 Å². The minimum atomic E-state index is -2.52. The van der Waals surface area contributed by atoms with E-state index in [4.69, 9.17) is 17.3 Å². The van der Waals surface area contributed by atoms with Crippen molar-refractivity contribution in [3.63, 3.8) is 0 Å². The minimum Gasteiger partial charge on any atom is -0.319 e. The number of rotatable bonds is 2. The van der Waals surface area contributed by atoms with Crippen molar-refractivity contribution in [2.24, 2.45) is 5.73 Å². The van der Waals surface area contributed by atoms with Gasteiger partial charge < -0.3 is 5.73 Å². The van der Waals surface area contributed by atoms with E-state index in [2.05, 4.69) is 0 Å². The van der Waals surface area contributed by atoms with Crippen molar-refractivity contribution in [1.82, 2.24) is 0 Å². The quantitative estimate of drug-likeness (QED) is 0.775. The third-order valence-corrected chi connectivity index (χ3v) is 2.53. The van der Waals surface area contributed by atoms with Gasteiger partial charge in [0, 0.05) is 4.88 Å². The Morgan fingerprint density at radius 3 is 2.45 bits per heavy atom. The molecule has 0 spiro atoms. The highest BCUT2D eigenvalue weighted by Crippen LogP contribution is 2.28. The van der Waals surface area contributed by atoms with E-state index in [1.165, 1.54) is 6.07 Å². The van der Waals surface area contributed by atoms with Crippen LogP contribution in [0.15, 0.2) is 12.1 Å². The van der Waals surface area contributed by atoms with Gasteiger partial charge in [0.25, 0.3) is 6.43 Å². The third kappa shape index (κ3) is 2.12. The number of hydrogen-bond donors (Lipinski definition) is 1. The molecule has 0 fully saturated rings. The minimum absolute atomic E-state index is 0.421. The zero-order valence-electron chi connectivity index (χ0n) is 5.43. The van der Waals surface area contributed by atoms with E-state index in [1.807, 2.05) is 0 Å². The number of halogens is 3. The van der Waals surface area contributed by atoms with Crippen molar-refractivity contribution in [2.45, 2.75) is 12.5 Å². The average Bonchev–Trinajstić information content (AvgIpc) is 2.34. The topological polar surface area (TPSA) is 26.0 Å². The van der Waals surface area contributed by atoms with Gasteiger partial charge in [-0.25, -0.2) is 8.78 Å². The molecule has 1 heterocycles. The maximum atomic E-state index is 12.0. The van der Waals surface area contributed by atoms with Crippen molar-refractivity contribution in [2.75, 3.05) is 0 Å². The normalized spacial score (nSPS) is 13.9. The molecule has 1 nitrogen and oxygen atoms in total. The number of nitrogens with two attached hydrogens (primary N) is 1. The summed E-state index contributed by atoms with van der Waals surface area (Å²) in [6.45, 7) is 0. The summed E-state index contributed by atoms with van der Waals surface area (Å²) >= 11 is 6.61. The van der Waals surface area contributed by atoms with Gasteiger partial charge in [-0.1, -0.05) is 11.6 Å². The summed E-state index contributed by atoms with van der Waals surface area (Å²) in [7, 11) is 0. The van der Waals surface area contributed by atoms with Crippen LogP contribution in [0.5, 0.6) is 0 Å². The highest BCUT2D eigenvalue weighted by atomic mass is 35.5. The summed E-state index contributed by atoms with van der Waals surface area (Å²) in [5, 5.41) is 0. The SMILES string of the molecule is NC(c1ccc(Cl)s1)C(F)F. The van der Waals surface area contributed by atoms with Crippen LogP contribution in [0.4, 0.5) is 8.78 Å². The molecule has 0 aliphatic heterocycles. The second-order valence-electron chi connectivity index (χ2n) is 2.00. The molecule has 1 atom stereocenters. The third-order valence-electron chi connectivity index (χ3n) is 1.19. The Morgan fingerprint density at radius 1 is 1.45 bits per heavy atom. The van der Waals surface area contributed by atoms with Gasteiger partial charge in [-0.05, 0) is 12.1 Å². The Labute approximate surface area is 71.8 Å². The van der Waals surface area contributed by atoms with Gasteiger partial charge in [-0.15, -0.1) is 11.3 Å². The maximum Gasteiger partial charge on any atom is 0.258 e. The van der Waals surface area contributed by atoms with Crippen LogP contribution in [0.25, 0.3) is 0 Å². The van der Waals surface area contributed by atoms with Crippen LogP contribution in [-0.2, 0) is 0 Å². The molecule has 5 heteroatoms. The zero-order valence-corrected chi connectivity index (χ0v) is 7.00. The molecule has 0 aromatic carbocycles. The smallest absolute Gasteiger partial charge is 0.258 e. The number of alkyl halides is 2. The molecule has 0 saturated heterocycles. The van der Waals surface area contributed by atoms with Crippen LogP contribution < -0.4 is 5.73 Å². The Hall–Kier alpha value is -0.190. The molecular weight excluding hydrogens is 192 g/mol. The van der Waals surface area contributed by atoms with Gasteiger partial charge in [-0.2, -0.15) is 0 Å². The van der Waals surface area contributed by atoms with Crippen molar-refractivity contribution in [3.05, 3.63) is 21.3 Å². The van der Waals surface area contributed by atoms with Crippen LogP contribution in [0.1, 0.15) is 10.9 Å². The van der Waals surface area contributed by atoms with E-state index in [0.29, 0.717) is 9.21 Å². The molecular formula is C6H6ClF2NS. The van der Waals surface area contributed by atoms with Crippen LogP contribution in [0.3, 0.4) is 0 Å². The molecule has 1 aromatic rings. The first-order valence-corrected chi connectivity index (χ1v) is 4.09. The number of hydrogen-bond acceptors (Lipinski definition) is 2. The molecule has 0 aliphatic carbocycles. The molecule has 1 rings (SSSR count). The maximum absolute atomic E-state index is 12.0. The lowest BCUT2D eigenvalue weighted by molar-refractivity contribution is 0.118. The molecule has 0 saturated carbocycles. The summed E-state index contributed by atoms with van der Waals surface area (Å²) in [5.41, 5.74) is 5.15. The first-order valence-electron chi connectivity index (χ1n) is 2.90. The van der Waals surface area contributed by atoms with Gasteiger partial charge in [-0.3, -0.25) is 0 Å². The van der Waals surface area contributed by atoms with Crippen molar-refractivity contribution < 1.29 is 8.78 Å². The number of thiophene rings is 1. The molecule has 11 heavy (non-hydrogen) atoms. The van der Waals surface area contributed by atoms with Gasteiger partial charge >= 0.3 is 0 Å². The first kappa shape index (κ1) is 8.90. The second-order valence-corrected chi connectivity index (χ2v) is 3.75. The lowest BCUT2D eigenvalue weighted by Crippen LogP contribution is -2.17. The molecule has 2 N–H and O–H groups in total. The Balaban J connectivity index is 2.76. The highest BCUT2D eigenvalue weighted by molar-refractivity contribution is 7.16. The lowest BCUT2D eigenvalue weighted by atomic mass is 10.3. The van der Waals surface area contributed by atoms with E-state index < -0.39 is 12.5 Å². The molecule has 62 valence electrons. The summed E-state index contributed by atoms with van der Waals surface area (Å²) in [6, 6.07) is 1.88. The summed E-state index contributed by atoms with van der Waals surface area (Å²) in [5.74, 6) is 0. The van der Waals surface area contributed by atoms with E-state index in [1.54, 1.807) is 6.07 Å². The monoisotopic (exact) mass is 197 g/mol. The molecule has 0 radical (unpaired) electrons. The van der Waals surface area contributed by atoms with E-state index in [-0.39, 0.29) is 0 Å². The van der Waals surface area contributed by atoms with Crippen LogP contribution in [0, 0.1) is 0 Å². The Morgan fingerprint density at radius 2 is 2.09 bits per heavy atom. The average molecular weight is 198 g/mol. The predicted octanol–water partition coefficient (Wildman–Crippen LogP) is 2.67. The first-order chi connectivity index (χ1) is 5.11. The molecule has 0 amide bonds. The Kier molecular flexibility index (Phi) is 2.81. The van der Waals surface area contributed by atoms with Gasteiger partial charge in [0.2, 0.25) is 0 Å². The Bertz CT molecular complexity index is 238. The fraction of sp³-hybridized carbons (Fsp3) is 0.333. The zero-order chi connectivity index (χ0) is 8.43. The van der Waals surface area contributed by atoms with Crippen molar-refractivity contribution in [1.29, 1.82) is 0 Å². The second kappa shape index (κ2) is 3.47. The standard InChI is InChI=1S/C6H6ClF2NS/c7-4-2-1-3(11-4)5(10)6(8)9/h1-2,5-6H,10H2. The largest absolute Gasteiger partial charge is 0.319 e. The lowest BCUT2D eigenvalue weighted by Gasteiger charge is -2.05. The van der Waals surface area contributed by atoms with Gasteiger partial charge in [0.05, 0.1) is 4.34 Å². The van der Waals surface area contributed by atoms with E-state index in [9.17, 15) is 8.78 Å². The molecule has 1 aromatic heterocycles. The summed E-state index contributed by atoms with van der Waals surface area (Å²) in [4.78, 5) is 0.421. The van der Waals surface area contributed by atoms with Gasteiger partial charge in [0.1, 0.15) is 6.04 Å². The molecule has 1 unspecified atom stereocenters. The molecule has 0 bridgehead atoms. The molecule has 0 aliphatic rings. The summed E-state index contributed by atoms with van der Waals surface area (Å²) in [6.07, 6.45) is -2.52. The fourth-order valence-corrected chi connectivity index (χ4v) is 1.70. The fourth-order valence-electron chi connectivity index (χ4n) is 0.632. The predicted molar refractivity (Wildman–Crippen MR) is 42.3 cm³/mol. The summed E-state index contributed by atoms with van der Waals surface area (Å²) < 4.78 is 24.4. The van der Waals surface area contributed by atoms with E-state index >= 15 is 0 Å². The van der Waals surface area contributed by atoms with Crippen molar-refractivity contribution in [3.8, 4) is 0 Å². The van der Waals surface area contributed by atoms with Crippen molar-refractivity contribution >= 4 is 22.9 Å². The van der Waals surface area contributed by atoms with Gasteiger partial charge in [0.15, 0.2) is 0 Å². The highest BCUT2D eigenvalue weighted by Gasteiger charge is 2.18. The van der Waals surface area contributed by atoms with Crippen LogP contribution in [-0.4, -0.2) is 6.43 Å².